The topological polar surface area (TPSA) is 18.5 Å². The van der Waals surface area contributed by atoms with Gasteiger partial charge in [0.1, 0.15) is 0 Å². The highest BCUT2D eigenvalue weighted by Gasteiger charge is 2.20. The lowest BCUT2D eigenvalue weighted by Gasteiger charge is -2.38. The molecule has 2 aromatic carbocycles. The Morgan fingerprint density at radius 2 is 1.84 bits per heavy atom. The van der Waals surface area contributed by atoms with E-state index in [-0.39, 0.29) is 0 Å². The Morgan fingerprint density at radius 3 is 2.52 bits per heavy atom. The van der Waals surface area contributed by atoms with Crippen LogP contribution in [0.15, 0.2) is 47.4 Å². The molecule has 25 heavy (non-hydrogen) atoms. The molecule has 1 aliphatic heterocycles. The summed E-state index contributed by atoms with van der Waals surface area (Å²) in [5, 5.41) is 4.89. The number of anilines is 2. The van der Waals surface area contributed by atoms with Crippen LogP contribution < -0.4 is 10.2 Å². The molecule has 0 amide bonds. The number of rotatable bonds is 3. The van der Waals surface area contributed by atoms with Crippen LogP contribution in [0.25, 0.3) is 0 Å². The van der Waals surface area contributed by atoms with E-state index in [4.69, 9.17) is 23.8 Å². The minimum Gasteiger partial charge on any atom is -0.367 e. The van der Waals surface area contributed by atoms with Crippen LogP contribution in [-0.4, -0.2) is 42.4 Å². The third-order valence-electron chi connectivity index (χ3n) is 4.42. The molecule has 1 heterocycles. The zero-order valence-electron chi connectivity index (χ0n) is 14.5. The van der Waals surface area contributed by atoms with E-state index >= 15 is 0 Å². The van der Waals surface area contributed by atoms with Crippen molar-refractivity contribution in [1.29, 1.82) is 0 Å². The van der Waals surface area contributed by atoms with Gasteiger partial charge in [0.2, 0.25) is 0 Å². The number of nitrogens with zero attached hydrogens (tertiary/aromatic N) is 2. The van der Waals surface area contributed by atoms with E-state index in [1.807, 2.05) is 25.1 Å². The molecule has 2 aromatic rings. The number of aryl methyl sites for hydroxylation is 1. The molecule has 3 rings (SSSR count). The van der Waals surface area contributed by atoms with Crippen molar-refractivity contribution in [3.05, 3.63) is 53.1 Å². The first-order chi connectivity index (χ1) is 12.1. The van der Waals surface area contributed by atoms with Crippen LogP contribution in [0.2, 0.25) is 5.02 Å². The lowest BCUT2D eigenvalue weighted by molar-refractivity contribution is 0.390. The van der Waals surface area contributed by atoms with Gasteiger partial charge in [-0.1, -0.05) is 23.7 Å². The molecule has 6 heteroatoms. The van der Waals surface area contributed by atoms with Crippen molar-refractivity contribution in [1.82, 2.24) is 4.90 Å². The Hall–Kier alpha value is -1.43. The van der Waals surface area contributed by atoms with Gasteiger partial charge in [-0.3, -0.25) is 0 Å². The molecule has 1 saturated heterocycles. The lowest BCUT2D eigenvalue weighted by atomic mass is 10.2. The monoisotopic (exact) mass is 391 g/mol. The number of para-hydroxylation sites is 1. The summed E-state index contributed by atoms with van der Waals surface area (Å²) in [4.78, 5) is 6.01. The summed E-state index contributed by atoms with van der Waals surface area (Å²) in [5.74, 6) is 0. The van der Waals surface area contributed by atoms with Gasteiger partial charge in [0.25, 0.3) is 0 Å². The van der Waals surface area contributed by atoms with Crippen LogP contribution in [0, 0.1) is 6.92 Å². The average molecular weight is 392 g/mol. The van der Waals surface area contributed by atoms with Gasteiger partial charge in [0.15, 0.2) is 5.11 Å². The fraction of sp³-hybridized carbons (Fsp3) is 0.316. The maximum Gasteiger partial charge on any atom is 0.173 e. The molecule has 0 radical (unpaired) electrons. The normalized spacial score (nSPS) is 14.5. The molecule has 0 bridgehead atoms. The molecule has 0 saturated carbocycles. The van der Waals surface area contributed by atoms with E-state index in [1.54, 1.807) is 11.8 Å². The van der Waals surface area contributed by atoms with Crippen LogP contribution in [0.5, 0.6) is 0 Å². The molecule has 0 unspecified atom stereocenters. The Kier molecular flexibility index (Phi) is 6.10. The molecule has 132 valence electrons. The summed E-state index contributed by atoms with van der Waals surface area (Å²) in [7, 11) is 0. The van der Waals surface area contributed by atoms with Crippen LogP contribution in [-0.2, 0) is 0 Å². The summed E-state index contributed by atoms with van der Waals surface area (Å²) in [6.07, 6.45) is 2.13. The first kappa shape index (κ1) is 18.4. The van der Waals surface area contributed by atoms with Gasteiger partial charge in [0.05, 0.1) is 5.69 Å². The van der Waals surface area contributed by atoms with E-state index in [0.29, 0.717) is 0 Å². The van der Waals surface area contributed by atoms with E-state index in [0.717, 1.165) is 47.6 Å². The number of thiocarbonyl (C=S) groups is 1. The Morgan fingerprint density at radius 1 is 1.12 bits per heavy atom. The third-order valence-corrected chi connectivity index (χ3v) is 5.80. The number of halogens is 1. The van der Waals surface area contributed by atoms with Crippen molar-refractivity contribution in [2.45, 2.75) is 11.8 Å². The zero-order valence-corrected chi connectivity index (χ0v) is 16.8. The zero-order chi connectivity index (χ0) is 17.8. The number of benzene rings is 2. The second-order valence-corrected chi connectivity index (χ2v) is 7.71. The molecule has 1 aliphatic rings. The summed E-state index contributed by atoms with van der Waals surface area (Å²) >= 11 is 13.4. The number of hydrogen-bond donors (Lipinski definition) is 1. The number of nitrogens with one attached hydrogen (secondary N) is 1. The van der Waals surface area contributed by atoms with Crippen LogP contribution in [0.1, 0.15) is 5.56 Å². The standard InChI is InChI=1S/C19H22ClN3S2/c1-14-13-15(20)7-8-16(14)21-19(24)23-11-9-22(10-12-23)17-5-3-4-6-18(17)25-2/h3-8,13H,9-12H2,1-2H3,(H,21,24). The largest absolute Gasteiger partial charge is 0.367 e. The fourth-order valence-electron chi connectivity index (χ4n) is 3.00. The van der Waals surface area contributed by atoms with Crippen LogP contribution in [0.4, 0.5) is 11.4 Å². The first-order valence-corrected chi connectivity index (χ1v) is 10.3. The summed E-state index contributed by atoms with van der Waals surface area (Å²) < 4.78 is 0. The number of piperazine rings is 1. The van der Waals surface area contributed by atoms with Gasteiger partial charge in [-0.2, -0.15) is 0 Å². The van der Waals surface area contributed by atoms with E-state index in [2.05, 4.69) is 45.6 Å². The summed E-state index contributed by atoms with van der Waals surface area (Å²) in [6.45, 7) is 5.81. The second kappa shape index (κ2) is 8.30. The molecular weight excluding hydrogens is 370 g/mol. The van der Waals surface area contributed by atoms with Crippen LogP contribution >= 0.6 is 35.6 Å². The highest BCUT2D eigenvalue weighted by Crippen LogP contribution is 2.29. The SMILES string of the molecule is CSc1ccccc1N1CCN(C(=S)Nc2ccc(Cl)cc2C)CC1. The van der Waals surface area contributed by atoms with Crippen molar-refractivity contribution in [2.75, 3.05) is 42.7 Å². The third kappa shape index (κ3) is 4.40. The molecule has 3 nitrogen and oxygen atoms in total. The molecule has 0 spiro atoms. The fourth-order valence-corrected chi connectivity index (χ4v) is 4.14. The molecule has 0 aromatic heterocycles. The van der Waals surface area contributed by atoms with E-state index < -0.39 is 0 Å². The highest BCUT2D eigenvalue weighted by molar-refractivity contribution is 7.98. The highest BCUT2D eigenvalue weighted by atomic mass is 35.5. The maximum absolute atomic E-state index is 6.02. The second-order valence-electron chi connectivity index (χ2n) is 6.04. The van der Waals surface area contributed by atoms with Crippen molar-refractivity contribution < 1.29 is 0 Å². The molecule has 0 atom stereocenters. The van der Waals surface area contributed by atoms with Crippen molar-refractivity contribution in [3.8, 4) is 0 Å². The molecule has 1 N–H and O–H groups in total. The minimum absolute atomic E-state index is 0.745. The van der Waals surface area contributed by atoms with Gasteiger partial charge < -0.3 is 15.1 Å². The molecule has 0 aliphatic carbocycles. The van der Waals surface area contributed by atoms with Crippen molar-refractivity contribution in [2.24, 2.45) is 0 Å². The Balaban J connectivity index is 1.61. The van der Waals surface area contributed by atoms with Gasteiger partial charge in [-0.15, -0.1) is 11.8 Å². The van der Waals surface area contributed by atoms with E-state index in [1.165, 1.54) is 10.6 Å². The predicted octanol–water partition coefficient (Wildman–Crippen LogP) is 4.89. The summed E-state index contributed by atoms with van der Waals surface area (Å²) in [6, 6.07) is 14.4. The first-order valence-electron chi connectivity index (χ1n) is 8.28. The van der Waals surface area contributed by atoms with Gasteiger partial charge >= 0.3 is 0 Å². The molecule has 1 fully saturated rings. The van der Waals surface area contributed by atoms with Gasteiger partial charge in [0, 0.05) is 41.8 Å². The van der Waals surface area contributed by atoms with Crippen molar-refractivity contribution in [3.63, 3.8) is 0 Å². The van der Waals surface area contributed by atoms with Gasteiger partial charge in [-0.25, -0.2) is 0 Å². The van der Waals surface area contributed by atoms with Crippen LogP contribution in [0.3, 0.4) is 0 Å². The quantitative estimate of drug-likeness (QED) is 0.591. The average Bonchev–Trinajstić information content (AvgIpc) is 2.64. The number of thioether (sulfide) groups is 1. The predicted molar refractivity (Wildman–Crippen MR) is 114 cm³/mol. The number of hydrogen-bond acceptors (Lipinski definition) is 3. The van der Waals surface area contributed by atoms with Gasteiger partial charge in [-0.05, 0) is 61.3 Å². The Bertz CT molecular complexity index is 758. The summed E-state index contributed by atoms with van der Waals surface area (Å²) in [5.41, 5.74) is 3.44. The lowest BCUT2D eigenvalue weighted by Crippen LogP contribution is -2.50. The Labute approximate surface area is 164 Å². The minimum atomic E-state index is 0.745. The molecular formula is C19H22ClN3S2. The smallest absolute Gasteiger partial charge is 0.173 e. The van der Waals surface area contributed by atoms with Crippen molar-refractivity contribution >= 4 is 52.1 Å². The van der Waals surface area contributed by atoms with E-state index in [9.17, 15) is 0 Å². The maximum atomic E-state index is 6.02.